The van der Waals surface area contributed by atoms with Gasteiger partial charge in [0.05, 0.1) is 10.6 Å². The largest absolute Gasteiger partial charge is 0.478 e. The number of halogens is 1. The van der Waals surface area contributed by atoms with Gasteiger partial charge >= 0.3 is 5.97 Å². The highest BCUT2D eigenvalue weighted by atomic mass is 35.5. The zero-order valence-corrected chi connectivity index (χ0v) is 11.8. The molecule has 21 heavy (non-hydrogen) atoms. The smallest absolute Gasteiger partial charge is 0.335 e. The molecule has 0 unspecified atom stereocenters. The molecule has 1 aromatic heterocycles. The Bertz CT molecular complexity index is 656. The zero-order valence-electron chi connectivity index (χ0n) is 11.0. The van der Waals surface area contributed by atoms with Crippen molar-refractivity contribution in [2.24, 2.45) is 0 Å². The first-order chi connectivity index (χ1) is 10.1. The third-order valence-electron chi connectivity index (χ3n) is 2.83. The van der Waals surface area contributed by atoms with Crippen LogP contribution in [0.5, 0.6) is 0 Å². The summed E-state index contributed by atoms with van der Waals surface area (Å²) in [4.78, 5) is 26.6. The summed E-state index contributed by atoms with van der Waals surface area (Å²) in [6, 6.07) is 9.76. The number of nitrogens with one attached hydrogen (secondary N) is 1. The van der Waals surface area contributed by atoms with Gasteiger partial charge in [0, 0.05) is 12.7 Å². The topological polar surface area (TPSA) is 79.3 Å². The number of nitrogens with zero attached hydrogens (tertiary/aromatic N) is 1. The summed E-state index contributed by atoms with van der Waals surface area (Å²) in [6.07, 6.45) is 1.95. The van der Waals surface area contributed by atoms with Crippen LogP contribution >= 0.6 is 11.6 Å². The molecule has 0 aliphatic carbocycles. The second-order valence-corrected chi connectivity index (χ2v) is 4.81. The predicted octanol–water partition coefficient (Wildman–Crippen LogP) is 2.41. The number of amides is 1. The molecule has 2 aromatic rings. The quantitative estimate of drug-likeness (QED) is 0.889. The van der Waals surface area contributed by atoms with E-state index in [2.05, 4.69) is 10.3 Å². The van der Waals surface area contributed by atoms with E-state index in [0.717, 1.165) is 5.56 Å². The second kappa shape index (κ2) is 6.85. The minimum Gasteiger partial charge on any atom is -0.478 e. The molecule has 1 aromatic carbocycles. The third kappa shape index (κ3) is 4.29. The Morgan fingerprint density at radius 3 is 2.71 bits per heavy atom. The predicted molar refractivity (Wildman–Crippen MR) is 78.7 cm³/mol. The van der Waals surface area contributed by atoms with Crippen molar-refractivity contribution in [3.63, 3.8) is 0 Å². The standard InChI is InChI=1S/C15H13ClN2O3/c16-12-4-5-13(18-9-12)14(19)17-7-6-10-2-1-3-11(8-10)15(20)21/h1-5,8-9H,6-7H2,(H,17,19)(H,20,21). The summed E-state index contributed by atoms with van der Waals surface area (Å²) in [5.74, 6) is -1.26. The first-order valence-electron chi connectivity index (χ1n) is 6.28. The summed E-state index contributed by atoms with van der Waals surface area (Å²) in [5.41, 5.74) is 1.37. The Morgan fingerprint density at radius 1 is 1.24 bits per heavy atom. The Labute approximate surface area is 126 Å². The van der Waals surface area contributed by atoms with Crippen molar-refractivity contribution in [2.75, 3.05) is 6.54 Å². The van der Waals surface area contributed by atoms with Crippen molar-refractivity contribution in [1.82, 2.24) is 10.3 Å². The lowest BCUT2D eigenvalue weighted by molar-refractivity contribution is 0.0696. The van der Waals surface area contributed by atoms with Crippen LogP contribution in [-0.4, -0.2) is 28.5 Å². The number of carbonyl (C=O) groups is 2. The molecule has 0 fully saturated rings. The molecule has 5 nitrogen and oxygen atoms in total. The van der Waals surface area contributed by atoms with Crippen molar-refractivity contribution in [1.29, 1.82) is 0 Å². The van der Waals surface area contributed by atoms with Gasteiger partial charge in [-0.2, -0.15) is 0 Å². The van der Waals surface area contributed by atoms with Crippen LogP contribution in [0.3, 0.4) is 0 Å². The first kappa shape index (κ1) is 15.0. The van der Waals surface area contributed by atoms with Crippen molar-refractivity contribution >= 4 is 23.5 Å². The molecule has 0 saturated carbocycles. The molecule has 1 heterocycles. The van der Waals surface area contributed by atoms with Gasteiger partial charge in [-0.3, -0.25) is 4.79 Å². The van der Waals surface area contributed by atoms with Gasteiger partial charge in [0.15, 0.2) is 0 Å². The molecule has 0 spiro atoms. The monoisotopic (exact) mass is 304 g/mol. The Balaban J connectivity index is 1.89. The number of rotatable bonds is 5. The number of aromatic carboxylic acids is 1. The molecule has 0 bridgehead atoms. The molecular weight excluding hydrogens is 292 g/mol. The van der Waals surface area contributed by atoms with Crippen LogP contribution in [-0.2, 0) is 6.42 Å². The van der Waals surface area contributed by atoms with Crippen LogP contribution in [0.1, 0.15) is 26.4 Å². The van der Waals surface area contributed by atoms with E-state index in [9.17, 15) is 9.59 Å². The first-order valence-corrected chi connectivity index (χ1v) is 6.66. The molecule has 0 aliphatic rings. The van der Waals surface area contributed by atoms with Gasteiger partial charge in [0.2, 0.25) is 0 Å². The lowest BCUT2D eigenvalue weighted by atomic mass is 10.1. The van der Waals surface area contributed by atoms with Crippen LogP contribution in [0.4, 0.5) is 0 Å². The van der Waals surface area contributed by atoms with Crippen LogP contribution in [0.2, 0.25) is 5.02 Å². The maximum atomic E-state index is 11.8. The van der Waals surface area contributed by atoms with Gasteiger partial charge in [0.1, 0.15) is 5.69 Å². The lowest BCUT2D eigenvalue weighted by Crippen LogP contribution is -2.26. The van der Waals surface area contributed by atoms with Gasteiger partial charge < -0.3 is 10.4 Å². The van der Waals surface area contributed by atoms with Crippen molar-refractivity contribution < 1.29 is 14.7 Å². The molecule has 2 N–H and O–H groups in total. The van der Waals surface area contributed by atoms with Crippen LogP contribution in [0, 0.1) is 0 Å². The van der Waals surface area contributed by atoms with Crippen LogP contribution < -0.4 is 5.32 Å². The van der Waals surface area contributed by atoms with Gasteiger partial charge in [0.25, 0.3) is 5.91 Å². The fourth-order valence-electron chi connectivity index (χ4n) is 1.78. The number of hydrogen-bond acceptors (Lipinski definition) is 3. The minimum absolute atomic E-state index is 0.234. The van der Waals surface area contributed by atoms with Crippen LogP contribution in [0.25, 0.3) is 0 Å². The SMILES string of the molecule is O=C(O)c1cccc(CCNC(=O)c2ccc(Cl)cn2)c1. The van der Waals surface area contributed by atoms with E-state index in [4.69, 9.17) is 16.7 Å². The summed E-state index contributed by atoms with van der Waals surface area (Å²) in [5, 5.41) is 12.1. The summed E-state index contributed by atoms with van der Waals surface area (Å²) < 4.78 is 0. The highest BCUT2D eigenvalue weighted by molar-refractivity contribution is 6.30. The Hall–Kier alpha value is -2.40. The Kier molecular flexibility index (Phi) is 4.90. The van der Waals surface area contributed by atoms with Crippen LogP contribution in [0.15, 0.2) is 42.6 Å². The van der Waals surface area contributed by atoms with Gasteiger partial charge in [-0.05, 0) is 36.2 Å². The molecular formula is C15H13ClN2O3. The van der Waals surface area contributed by atoms with Gasteiger partial charge in [-0.25, -0.2) is 9.78 Å². The molecule has 1 amide bonds. The summed E-state index contributed by atoms with van der Waals surface area (Å²) in [6.45, 7) is 0.395. The normalized spacial score (nSPS) is 10.1. The number of carbonyl (C=O) groups excluding carboxylic acids is 1. The number of pyridine rings is 1. The van der Waals surface area contributed by atoms with Crippen molar-refractivity contribution in [2.45, 2.75) is 6.42 Å². The fraction of sp³-hybridized carbons (Fsp3) is 0.133. The average molecular weight is 305 g/mol. The lowest BCUT2D eigenvalue weighted by Gasteiger charge is -2.05. The average Bonchev–Trinajstić information content (AvgIpc) is 2.48. The maximum Gasteiger partial charge on any atom is 0.335 e. The molecule has 0 atom stereocenters. The van der Waals surface area contributed by atoms with Gasteiger partial charge in [-0.15, -0.1) is 0 Å². The summed E-state index contributed by atoms with van der Waals surface area (Å²) >= 11 is 5.70. The number of hydrogen-bond donors (Lipinski definition) is 2. The number of aromatic nitrogens is 1. The van der Waals surface area contributed by atoms with E-state index in [0.29, 0.717) is 23.7 Å². The number of benzene rings is 1. The number of carboxylic acids is 1. The number of carboxylic acid groups (broad SMARTS) is 1. The highest BCUT2D eigenvalue weighted by Gasteiger charge is 2.07. The van der Waals surface area contributed by atoms with E-state index in [1.807, 2.05) is 6.07 Å². The fourth-order valence-corrected chi connectivity index (χ4v) is 1.89. The van der Waals surface area contributed by atoms with Gasteiger partial charge in [-0.1, -0.05) is 23.7 Å². The Morgan fingerprint density at radius 2 is 2.05 bits per heavy atom. The molecule has 6 heteroatoms. The molecule has 2 rings (SSSR count). The van der Waals surface area contributed by atoms with Crippen molar-refractivity contribution in [3.05, 3.63) is 64.4 Å². The van der Waals surface area contributed by atoms with Crippen molar-refractivity contribution in [3.8, 4) is 0 Å². The van der Waals surface area contributed by atoms with E-state index < -0.39 is 5.97 Å². The molecule has 108 valence electrons. The maximum absolute atomic E-state index is 11.8. The molecule has 0 saturated heterocycles. The van der Waals surface area contributed by atoms with E-state index >= 15 is 0 Å². The van der Waals surface area contributed by atoms with E-state index in [1.165, 1.54) is 12.3 Å². The highest BCUT2D eigenvalue weighted by Crippen LogP contribution is 2.07. The second-order valence-electron chi connectivity index (χ2n) is 4.37. The summed E-state index contributed by atoms with van der Waals surface area (Å²) in [7, 11) is 0. The van der Waals surface area contributed by atoms with E-state index in [1.54, 1.807) is 24.3 Å². The third-order valence-corrected chi connectivity index (χ3v) is 3.06. The molecule has 0 aliphatic heterocycles. The zero-order chi connectivity index (χ0) is 15.2. The molecule has 0 radical (unpaired) electrons. The minimum atomic E-state index is -0.966. The van der Waals surface area contributed by atoms with E-state index in [-0.39, 0.29) is 11.5 Å².